The summed E-state index contributed by atoms with van der Waals surface area (Å²) in [7, 11) is 2.02. The van der Waals surface area contributed by atoms with Crippen LogP contribution < -0.4 is 14.8 Å². The summed E-state index contributed by atoms with van der Waals surface area (Å²) >= 11 is 0. The van der Waals surface area contributed by atoms with Crippen LogP contribution in [-0.4, -0.2) is 20.3 Å². The van der Waals surface area contributed by atoms with Gasteiger partial charge in [0, 0.05) is 12.5 Å². The maximum atomic E-state index is 5.76. The average Bonchev–Trinajstić information content (AvgIpc) is 2.63. The van der Waals surface area contributed by atoms with Crippen LogP contribution in [0.25, 0.3) is 0 Å². The van der Waals surface area contributed by atoms with Crippen LogP contribution in [-0.2, 0) is 0 Å². The minimum atomic E-state index is 0.388. The molecule has 1 aromatic rings. The molecule has 106 valence electrons. The predicted molar refractivity (Wildman–Crippen MR) is 77.9 cm³/mol. The van der Waals surface area contributed by atoms with Gasteiger partial charge >= 0.3 is 0 Å². The van der Waals surface area contributed by atoms with Gasteiger partial charge in [-0.25, -0.2) is 0 Å². The second-order valence-corrected chi connectivity index (χ2v) is 5.57. The fraction of sp³-hybridized carbons (Fsp3) is 0.625. The van der Waals surface area contributed by atoms with Crippen molar-refractivity contribution in [3.05, 3.63) is 23.8 Å². The van der Waals surface area contributed by atoms with E-state index in [1.807, 2.05) is 13.1 Å². The Balaban J connectivity index is 2.12. The topological polar surface area (TPSA) is 30.5 Å². The van der Waals surface area contributed by atoms with E-state index in [0.717, 1.165) is 43.5 Å². The molecule has 0 aliphatic carbocycles. The predicted octanol–water partition coefficient (Wildman–Crippen LogP) is 3.54. The monoisotopic (exact) mass is 263 g/mol. The normalized spacial score (nSPS) is 16.2. The Hall–Kier alpha value is -1.22. The summed E-state index contributed by atoms with van der Waals surface area (Å²) in [5.74, 6) is 2.50. The third-order valence-corrected chi connectivity index (χ3v) is 3.56. The summed E-state index contributed by atoms with van der Waals surface area (Å²) in [6.45, 7) is 6.02. The van der Waals surface area contributed by atoms with E-state index in [0.29, 0.717) is 6.04 Å². The molecule has 3 nitrogen and oxygen atoms in total. The molecule has 19 heavy (non-hydrogen) atoms. The molecule has 0 radical (unpaired) electrons. The van der Waals surface area contributed by atoms with E-state index in [1.54, 1.807) is 0 Å². The summed E-state index contributed by atoms with van der Waals surface area (Å²) < 4.78 is 11.4. The average molecular weight is 263 g/mol. The maximum Gasteiger partial charge on any atom is 0.161 e. The highest BCUT2D eigenvalue weighted by Crippen LogP contribution is 2.33. The zero-order chi connectivity index (χ0) is 13.7. The van der Waals surface area contributed by atoms with Gasteiger partial charge in [0.1, 0.15) is 0 Å². The largest absolute Gasteiger partial charge is 0.490 e. The quantitative estimate of drug-likeness (QED) is 0.881. The van der Waals surface area contributed by atoms with Crippen LogP contribution in [0.4, 0.5) is 0 Å². The molecular formula is C16H25NO2. The Morgan fingerprint density at radius 2 is 1.84 bits per heavy atom. The van der Waals surface area contributed by atoms with Crippen molar-refractivity contribution in [2.24, 2.45) is 5.92 Å². The first-order valence-corrected chi connectivity index (χ1v) is 7.27. The van der Waals surface area contributed by atoms with Gasteiger partial charge in [0.05, 0.1) is 13.2 Å². The van der Waals surface area contributed by atoms with Crippen LogP contribution in [0.2, 0.25) is 0 Å². The molecule has 1 heterocycles. The van der Waals surface area contributed by atoms with Gasteiger partial charge in [-0.2, -0.15) is 0 Å². The molecule has 2 rings (SSSR count). The first-order chi connectivity index (χ1) is 9.20. The summed E-state index contributed by atoms with van der Waals surface area (Å²) in [5, 5.41) is 3.40. The van der Waals surface area contributed by atoms with Crippen molar-refractivity contribution >= 4 is 0 Å². The first-order valence-electron chi connectivity index (χ1n) is 7.27. The SMILES string of the molecule is CNC(CCC(C)C)c1ccc2c(c1)OCCCO2. The number of fused-ring (bicyclic) bond motifs is 1. The van der Waals surface area contributed by atoms with Crippen LogP contribution in [0.3, 0.4) is 0 Å². The fourth-order valence-corrected chi connectivity index (χ4v) is 2.37. The Bertz CT molecular complexity index is 404. The lowest BCUT2D eigenvalue weighted by Crippen LogP contribution is -2.17. The summed E-state index contributed by atoms with van der Waals surface area (Å²) in [6.07, 6.45) is 3.32. The van der Waals surface area contributed by atoms with Gasteiger partial charge in [-0.1, -0.05) is 19.9 Å². The van der Waals surface area contributed by atoms with Crippen LogP contribution in [0, 0.1) is 5.92 Å². The summed E-state index contributed by atoms with van der Waals surface area (Å²) in [5.41, 5.74) is 1.28. The molecule has 0 spiro atoms. The smallest absolute Gasteiger partial charge is 0.161 e. The van der Waals surface area contributed by atoms with Crippen LogP contribution in [0.5, 0.6) is 11.5 Å². The van der Waals surface area contributed by atoms with Crippen molar-refractivity contribution in [3.63, 3.8) is 0 Å². The van der Waals surface area contributed by atoms with Crippen LogP contribution in [0.15, 0.2) is 18.2 Å². The van der Waals surface area contributed by atoms with E-state index in [4.69, 9.17) is 9.47 Å². The second kappa shape index (κ2) is 6.80. The van der Waals surface area contributed by atoms with Gasteiger partial charge in [-0.3, -0.25) is 0 Å². The van der Waals surface area contributed by atoms with Gasteiger partial charge in [0.15, 0.2) is 11.5 Å². The van der Waals surface area contributed by atoms with Crippen molar-refractivity contribution in [2.75, 3.05) is 20.3 Å². The molecule has 1 N–H and O–H groups in total. The van der Waals surface area contributed by atoms with Crippen molar-refractivity contribution in [1.82, 2.24) is 5.32 Å². The highest BCUT2D eigenvalue weighted by molar-refractivity contribution is 5.44. The number of rotatable bonds is 5. The third-order valence-electron chi connectivity index (χ3n) is 3.56. The molecule has 1 unspecified atom stereocenters. The lowest BCUT2D eigenvalue weighted by atomic mass is 9.97. The minimum absolute atomic E-state index is 0.388. The van der Waals surface area contributed by atoms with Crippen molar-refractivity contribution in [3.8, 4) is 11.5 Å². The second-order valence-electron chi connectivity index (χ2n) is 5.57. The fourth-order valence-electron chi connectivity index (χ4n) is 2.37. The van der Waals surface area contributed by atoms with E-state index in [2.05, 4.69) is 31.3 Å². The highest BCUT2D eigenvalue weighted by atomic mass is 16.5. The number of benzene rings is 1. The molecule has 1 aromatic carbocycles. The van der Waals surface area contributed by atoms with E-state index in [9.17, 15) is 0 Å². The van der Waals surface area contributed by atoms with E-state index in [-0.39, 0.29) is 0 Å². The Kier molecular flexibility index (Phi) is 5.08. The third kappa shape index (κ3) is 3.87. The zero-order valence-corrected chi connectivity index (χ0v) is 12.2. The minimum Gasteiger partial charge on any atom is -0.490 e. The van der Waals surface area contributed by atoms with Gasteiger partial charge < -0.3 is 14.8 Å². The lowest BCUT2D eigenvalue weighted by Gasteiger charge is -2.19. The van der Waals surface area contributed by atoms with Gasteiger partial charge in [0.25, 0.3) is 0 Å². The standard InChI is InChI=1S/C16H25NO2/c1-12(2)5-7-14(17-3)13-6-8-15-16(11-13)19-10-4-9-18-15/h6,8,11-12,14,17H,4-5,7,9-10H2,1-3H3. The summed E-state index contributed by atoms with van der Waals surface area (Å²) in [4.78, 5) is 0. The molecule has 0 aromatic heterocycles. The number of hydrogen-bond acceptors (Lipinski definition) is 3. The molecule has 0 saturated carbocycles. The van der Waals surface area contributed by atoms with E-state index in [1.165, 1.54) is 12.0 Å². The number of hydrogen-bond donors (Lipinski definition) is 1. The molecular weight excluding hydrogens is 238 g/mol. The number of ether oxygens (including phenoxy) is 2. The van der Waals surface area contributed by atoms with Gasteiger partial charge in [-0.15, -0.1) is 0 Å². The maximum absolute atomic E-state index is 5.76. The van der Waals surface area contributed by atoms with Crippen LogP contribution in [0.1, 0.15) is 44.7 Å². The lowest BCUT2D eigenvalue weighted by molar-refractivity contribution is 0.297. The highest BCUT2D eigenvalue weighted by Gasteiger charge is 2.15. The molecule has 0 saturated heterocycles. The van der Waals surface area contributed by atoms with Crippen LogP contribution >= 0.6 is 0 Å². The molecule has 1 aliphatic rings. The molecule has 0 fully saturated rings. The Morgan fingerprint density at radius 3 is 2.53 bits per heavy atom. The summed E-state index contributed by atoms with van der Waals surface area (Å²) in [6, 6.07) is 6.70. The Labute approximate surface area is 116 Å². The molecule has 3 heteroatoms. The first kappa shape index (κ1) is 14.2. The van der Waals surface area contributed by atoms with Gasteiger partial charge in [-0.05, 0) is 43.5 Å². The number of nitrogens with one attached hydrogen (secondary N) is 1. The molecule has 1 aliphatic heterocycles. The van der Waals surface area contributed by atoms with Crippen molar-refractivity contribution in [2.45, 2.75) is 39.2 Å². The Morgan fingerprint density at radius 1 is 1.11 bits per heavy atom. The van der Waals surface area contributed by atoms with E-state index >= 15 is 0 Å². The molecule has 0 amide bonds. The van der Waals surface area contributed by atoms with Gasteiger partial charge in [0.2, 0.25) is 0 Å². The zero-order valence-electron chi connectivity index (χ0n) is 12.2. The molecule has 1 atom stereocenters. The van der Waals surface area contributed by atoms with Crippen molar-refractivity contribution in [1.29, 1.82) is 0 Å². The van der Waals surface area contributed by atoms with E-state index < -0.39 is 0 Å². The van der Waals surface area contributed by atoms with Crippen molar-refractivity contribution < 1.29 is 9.47 Å². The molecule has 0 bridgehead atoms.